The number of imidazole rings is 1. The third kappa shape index (κ3) is 2.34. The highest BCUT2D eigenvalue weighted by molar-refractivity contribution is 5.22. The molecule has 21 heavy (non-hydrogen) atoms. The standard InChI is InChI=1S/C18H29N3/c1-2-3-4-15(19)17-20-11-16(21-17)18-8-12-5-13(9-18)7-14(6-12)10-18/h11-15H,2-10,19H2,1H3,(H,20,21). The van der Waals surface area contributed by atoms with E-state index in [1.165, 1.54) is 57.1 Å². The minimum absolute atomic E-state index is 0.0904. The summed E-state index contributed by atoms with van der Waals surface area (Å²) < 4.78 is 0. The van der Waals surface area contributed by atoms with Gasteiger partial charge in [0.2, 0.25) is 0 Å². The molecule has 0 spiro atoms. The molecule has 4 fully saturated rings. The van der Waals surface area contributed by atoms with Crippen LogP contribution in [0.1, 0.15) is 82.3 Å². The number of hydrogen-bond donors (Lipinski definition) is 2. The van der Waals surface area contributed by atoms with Crippen LogP contribution in [-0.2, 0) is 5.41 Å². The third-order valence-corrected chi connectivity index (χ3v) is 6.42. The second-order valence-corrected chi connectivity index (χ2v) is 8.13. The van der Waals surface area contributed by atoms with E-state index in [1.54, 1.807) is 0 Å². The van der Waals surface area contributed by atoms with Crippen LogP contribution in [0.5, 0.6) is 0 Å². The van der Waals surface area contributed by atoms with Gasteiger partial charge in [0, 0.05) is 17.3 Å². The SMILES string of the molecule is CCCCC(N)c1ncc(C23CC4CC(CC(C4)C2)C3)[nH]1. The first-order valence-corrected chi connectivity index (χ1v) is 8.99. The van der Waals surface area contributed by atoms with Crippen molar-refractivity contribution < 1.29 is 0 Å². The second-order valence-electron chi connectivity index (χ2n) is 8.13. The lowest BCUT2D eigenvalue weighted by Gasteiger charge is -2.56. The normalized spacial score (nSPS) is 38.9. The number of rotatable bonds is 5. The zero-order valence-corrected chi connectivity index (χ0v) is 13.3. The minimum Gasteiger partial charge on any atom is -0.344 e. The Labute approximate surface area is 128 Å². The lowest BCUT2D eigenvalue weighted by Crippen LogP contribution is -2.48. The molecule has 3 nitrogen and oxygen atoms in total. The van der Waals surface area contributed by atoms with E-state index in [-0.39, 0.29) is 6.04 Å². The highest BCUT2D eigenvalue weighted by Crippen LogP contribution is 2.60. The highest BCUT2D eigenvalue weighted by Gasteiger charge is 2.52. The summed E-state index contributed by atoms with van der Waals surface area (Å²) >= 11 is 0. The summed E-state index contributed by atoms with van der Waals surface area (Å²) in [7, 11) is 0. The van der Waals surface area contributed by atoms with Gasteiger partial charge in [-0.25, -0.2) is 4.98 Å². The van der Waals surface area contributed by atoms with Crippen LogP contribution in [0.15, 0.2) is 6.20 Å². The summed E-state index contributed by atoms with van der Waals surface area (Å²) in [6.45, 7) is 2.22. The van der Waals surface area contributed by atoms with E-state index in [4.69, 9.17) is 5.73 Å². The molecule has 0 aliphatic heterocycles. The van der Waals surface area contributed by atoms with Crippen LogP contribution >= 0.6 is 0 Å². The van der Waals surface area contributed by atoms with Crippen molar-refractivity contribution in [3.05, 3.63) is 17.7 Å². The molecule has 3 heteroatoms. The van der Waals surface area contributed by atoms with Crippen LogP contribution < -0.4 is 5.73 Å². The molecule has 0 radical (unpaired) electrons. The zero-order valence-electron chi connectivity index (χ0n) is 13.3. The van der Waals surface area contributed by atoms with Crippen LogP contribution in [0.2, 0.25) is 0 Å². The Morgan fingerprint density at radius 1 is 1.24 bits per heavy atom. The van der Waals surface area contributed by atoms with Gasteiger partial charge in [0.1, 0.15) is 5.82 Å². The van der Waals surface area contributed by atoms with Gasteiger partial charge in [-0.1, -0.05) is 19.8 Å². The lowest BCUT2D eigenvalue weighted by atomic mass is 9.49. The summed E-state index contributed by atoms with van der Waals surface area (Å²) in [5.74, 6) is 3.97. The number of unbranched alkanes of at least 4 members (excludes halogenated alkanes) is 1. The molecular formula is C18H29N3. The van der Waals surface area contributed by atoms with E-state index in [9.17, 15) is 0 Å². The summed E-state index contributed by atoms with van der Waals surface area (Å²) in [6.07, 6.45) is 14.2. The van der Waals surface area contributed by atoms with Crippen molar-refractivity contribution in [2.75, 3.05) is 0 Å². The number of aromatic amines is 1. The van der Waals surface area contributed by atoms with Gasteiger partial charge in [0.25, 0.3) is 0 Å². The second kappa shape index (κ2) is 5.12. The van der Waals surface area contributed by atoms with Crippen LogP contribution in [0.25, 0.3) is 0 Å². The van der Waals surface area contributed by atoms with Crippen molar-refractivity contribution >= 4 is 0 Å². The highest BCUT2D eigenvalue weighted by atomic mass is 15.0. The fourth-order valence-electron chi connectivity index (χ4n) is 5.80. The molecule has 116 valence electrons. The van der Waals surface area contributed by atoms with Gasteiger partial charge in [-0.15, -0.1) is 0 Å². The first-order valence-electron chi connectivity index (χ1n) is 8.99. The van der Waals surface area contributed by atoms with Crippen molar-refractivity contribution in [1.82, 2.24) is 9.97 Å². The molecule has 1 heterocycles. The molecule has 0 aromatic carbocycles. The first kappa shape index (κ1) is 13.8. The van der Waals surface area contributed by atoms with Gasteiger partial charge in [0.15, 0.2) is 0 Å². The maximum atomic E-state index is 6.29. The van der Waals surface area contributed by atoms with Gasteiger partial charge >= 0.3 is 0 Å². The maximum Gasteiger partial charge on any atom is 0.123 e. The topological polar surface area (TPSA) is 54.7 Å². The molecular weight excluding hydrogens is 258 g/mol. The van der Waals surface area contributed by atoms with E-state index in [1.807, 2.05) is 0 Å². The average Bonchev–Trinajstić information content (AvgIpc) is 2.94. The van der Waals surface area contributed by atoms with Gasteiger partial charge in [-0.2, -0.15) is 0 Å². The molecule has 5 rings (SSSR count). The molecule has 4 aliphatic rings. The minimum atomic E-state index is 0.0904. The van der Waals surface area contributed by atoms with Crippen molar-refractivity contribution in [3.8, 4) is 0 Å². The number of hydrogen-bond acceptors (Lipinski definition) is 2. The molecule has 4 aliphatic carbocycles. The van der Waals surface area contributed by atoms with Crippen LogP contribution in [0, 0.1) is 17.8 Å². The summed E-state index contributed by atoms with van der Waals surface area (Å²) in [5, 5.41) is 0. The summed E-state index contributed by atoms with van der Waals surface area (Å²) in [4.78, 5) is 8.29. The molecule has 0 saturated heterocycles. The zero-order chi connectivity index (χ0) is 14.4. The average molecular weight is 287 g/mol. The van der Waals surface area contributed by atoms with Crippen LogP contribution in [0.4, 0.5) is 0 Å². The van der Waals surface area contributed by atoms with Gasteiger partial charge in [0.05, 0.1) is 6.04 Å². The monoisotopic (exact) mass is 287 g/mol. The summed E-state index contributed by atoms with van der Waals surface area (Å²) in [5.41, 5.74) is 8.12. The van der Waals surface area contributed by atoms with Crippen molar-refractivity contribution in [1.29, 1.82) is 0 Å². The Bertz CT molecular complexity index is 469. The van der Waals surface area contributed by atoms with Crippen LogP contribution in [-0.4, -0.2) is 9.97 Å². The number of nitrogens with zero attached hydrogens (tertiary/aromatic N) is 1. The molecule has 4 saturated carbocycles. The summed E-state index contributed by atoms with van der Waals surface area (Å²) in [6, 6.07) is 0.0904. The largest absolute Gasteiger partial charge is 0.344 e. The fraction of sp³-hybridized carbons (Fsp3) is 0.833. The number of H-pyrrole nitrogens is 1. The lowest BCUT2D eigenvalue weighted by molar-refractivity contribution is -0.00707. The van der Waals surface area contributed by atoms with E-state index in [0.717, 1.165) is 30.0 Å². The van der Waals surface area contributed by atoms with E-state index >= 15 is 0 Å². The van der Waals surface area contributed by atoms with E-state index in [2.05, 4.69) is 23.1 Å². The van der Waals surface area contributed by atoms with E-state index in [0.29, 0.717) is 5.41 Å². The Hall–Kier alpha value is -0.830. The Kier molecular flexibility index (Phi) is 3.36. The molecule has 1 aromatic rings. The smallest absolute Gasteiger partial charge is 0.123 e. The van der Waals surface area contributed by atoms with Gasteiger partial charge in [-0.05, 0) is 62.7 Å². The van der Waals surface area contributed by atoms with Crippen molar-refractivity contribution in [2.45, 2.75) is 76.2 Å². The number of nitrogens with two attached hydrogens (primary N) is 1. The number of aromatic nitrogens is 2. The predicted molar refractivity (Wildman–Crippen MR) is 84.9 cm³/mol. The molecule has 3 N–H and O–H groups in total. The molecule has 1 atom stereocenters. The Morgan fingerprint density at radius 3 is 2.43 bits per heavy atom. The van der Waals surface area contributed by atoms with E-state index < -0.39 is 0 Å². The van der Waals surface area contributed by atoms with Gasteiger partial charge < -0.3 is 10.7 Å². The maximum absolute atomic E-state index is 6.29. The molecule has 0 amide bonds. The molecule has 1 unspecified atom stereocenters. The molecule has 1 aromatic heterocycles. The van der Waals surface area contributed by atoms with Crippen molar-refractivity contribution in [2.24, 2.45) is 23.5 Å². The quantitative estimate of drug-likeness (QED) is 0.857. The van der Waals surface area contributed by atoms with Crippen LogP contribution in [0.3, 0.4) is 0 Å². The Balaban J connectivity index is 1.55. The number of nitrogens with one attached hydrogen (secondary N) is 1. The molecule has 4 bridgehead atoms. The fourth-order valence-corrected chi connectivity index (χ4v) is 5.80. The van der Waals surface area contributed by atoms with Crippen molar-refractivity contribution in [3.63, 3.8) is 0 Å². The predicted octanol–water partition coefficient (Wildman–Crippen LogP) is 4.07. The first-order chi connectivity index (χ1) is 10.2. The van der Waals surface area contributed by atoms with Gasteiger partial charge in [-0.3, -0.25) is 0 Å². The Morgan fingerprint density at radius 2 is 1.86 bits per heavy atom. The third-order valence-electron chi connectivity index (χ3n) is 6.42.